The summed E-state index contributed by atoms with van der Waals surface area (Å²) in [6.45, 7) is 1.44. The molecule has 2 amide bonds. The van der Waals surface area contributed by atoms with E-state index in [1.165, 1.54) is 0 Å². The van der Waals surface area contributed by atoms with Gasteiger partial charge in [0.2, 0.25) is 11.8 Å². The van der Waals surface area contributed by atoms with Crippen molar-refractivity contribution in [3.05, 3.63) is 0 Å². The van der Waals surface area contributed by atoms with Crippen molar-refractivity contribution in [2.24, 2.45) is 11.7 Å². The van der Waals surface area contributed by atoms with Crippen molar-refractivity contribution in [2.45, 2.75) is 31.7 Å². The van der Waals surface area contributed by atoms with E-state index in [1.54, 1.807) is 7.11 Å². The summed E-state index contributed by atoms with van der Waals surface area (Å²) >= 11 is 0. The van der Waals surface area contributed by atoms with E-state index in [1.807, 2.05) is 0 Å². The van der Waals surface area contributed by atoms with E-state index >= 15 is 0 Å². The second-order valence-corrected chi connectivity index (χ2v) is 4.64. The molecule has 7 heteroatoms. The number of methoxy groups -OCH3 is 1. The number of halogens is 1. The molecule has 2 unspecified atom stereocenters. The maximum atomic E-state index is 11.7. The van der Waals surface area contributed by atoms with Crippen LogP contribution in [0.4, 0.5) is 0 Å². The minimum absolute atomic E-state index is 0. The number of amides is 2. The van der Waals surface area contributed by atoms with E-state index in [0.29, 0.717) is 13.2 Å². The van der Waals surface area contributed by atoms with Crippen LogP contribution in [0.15, 0.2) is 0 Å². The Morgan fingerprint density at radius 1 is 1.32 bits per heavy atom. The van der Waals surface area contributed by atoms with Crippen LogP contribution in [-0.2, 0) is 14.3 Å². The molecule has 1 rings (SSSR count). The molecule has 112 valence electrons. The number of hydrogen-bond acceptors (Lipinski definition) is 4. The van der Waals surface area contributed by atoms with Crippen LogP contribution in [0, 0.1) is 5.92 Å². The average Bonchev–Trinajstić information content (AvgIpc) is 2.35. The Morgan fingerprint density at radius 2 is 2.00 bits per heavy atom. The number of carbonyl (C=O) groups excluding carboxylic acids is 2. The molecule has 0 aromatic heterocycles. The first-order valence-corrected chi connectivity index (χ1v) is 6.43. The van der Waals surface area contributed by atoms with E-state index in [0.717, 1.165) is 25.7 Å². The predicted molar refractivity (Wildman–Crippen MR) is 75.1 cm³/mol. The SMILES string of the molecule is COCCNCC(=O)NC1CCCCC1C(N)=O.Cl. The summed E-state index contributed by atoms with van der Waals surface area (Å²) < 4.78 is 4.87. The zero-order valence-corrected chi connectivity index (χ0v) is 12.1. The molecule has 0 bridgehead atoms. The highest BCUT2D eigenvalue weighted by atomic mass is 35.5. The van der Waals surface area contributed by atoms with Gasteiger partial charge in [-0.25, -0.2) is 0 Å². The van der Waals surface area contributed by atoms with E-state index in [2.05, 4.69) is 10.6 Å². The standard InChI is InChI=1S/C12H23N3O3.ClH/c1-18-7-6-14-8-11(16)15-10-5-3-2-4-9(10)12(13)17;/h9-10,14H,2-8H2,1H3,(H2,13,17)(H,15,16);1H. The lowest BCUT2D eigenvalue weighted by atomic mass is 9.84. The first-order valence-electron chi connectivity index (χ1n) is 6.43. The Hall–Kier alpha value is -0.850. The molecule has 0 aromatic rings. The molecule has 0 aliphatic heterocycles. The van der Waals surface area contributed by atoms with Crippen LogP contribution in [0.5, 0.6) is 0 Å². The molecular formula is C12H24ClN3O3. The van der Waals surface area contributed by atoms with Gasteiger partial charge in [0.25, 0.3) is 0 Å². The van der Waals surface area contributed by atoms with E-state index < -0.39 is 0 Å². The fourth-order valence-corrected chi connectivity index (χ4v) is 2.28. The summed E-state index contributed by atoms with van der Waals surface area (Å²) in [6, 6.07) is -0.104. The largest absolute Gasteiger partial charge is 0.383 e. The molecule has 1 aliphatic rings. The fraction of sp³-hybridized carbons (Fsp3) is 0.833. The molecule has 0 spiro atoms. The normalized spacial score (nSPS) is 22.4. The third-order valence-electron chi connectivity index (χ3n) is 3.25. The summed E-state index contributed by atoms with van der Waals surface area (Å²) in [5.41, 5.74) is 5.35. The topological polar surface area (TPSA) is 93.4 Å². The Kier molecular flexibility index (Phi) is 9.55. The van der Waals surface area contributed by atoms with Gasteiger partial charge in [-0.3, -0.25) is 9.59 Å². The van der Waals surface area contributed by atoms with Gasteiger partial charge < -0.3 is 21.1 Å². The maximum absolute atomic E-state index is 11.7. The molecule has 1 saturated carbocycles. The minimum Gasteiger partial charge on any atom is -0.383 e. The Labute approximate surface area is 120 Å². The first kappa shape index (κ1) is 18.1. The molecule has 0 saturated heterocycles. The lowest BCUT2D eigenvalue weighted by molar-refractivity contribution is -0.125. The van der Waals surface area contributed by atoms with Crippen molar-refractivity contribution < 1.29 is 14.3 Å². The molecule has 2 atom stereocenters. The smallest absolute Gasteiger partial charge is 0.234 e. The van der Waals surface area contributed by atoms with Crippen molar-refractivity contribution in [3.8, 4) is 0 Å². The van der Waals surface area contributed by atoms with Crippen molar-refractivity contribution in [1.82, 2.24) is 10.6 Å². The van der Waals surface area contributed by atoms with Gasteiger partial charge in [0, 0.05) is 19.7 Å². The maximum Gasteiger partial charge on any atom is 0.234 e. The highest BCUT2D eigenvalue weighted by Crippen LogP contribution is 2.23. The van der Waals surface area contributed by atoms with Crippen molar-refractivity contribution in [1.29, 1.82) is 0 Å². The Balaban J connectivity index is 0.00000324. The Bertz CT molecular complexity index is 289. The number of hydrogen-bond donors (Lipinski definition) is 3. The molecular weight excluding hydrogens is 270 g/mol. The van der Waals surface area contributed by atoms with Crippen LogP contribution in [0.2, 0.25) is 0 Å². The molecule has 4 N–H and O–H groups in total. The first-order chi connectivity index (χ1) is 8.65. The summed E-state index contributed by atoms with van der Waals surface area (Å²) in [4.78, 5) is 23.0. The predicted octanol–water partition coefficient (Wildman–Crippen LogP) is -0.195. The van der Waals surface area contributed by atoms with Crippen LogP contribution in [-0.4, -0.2) is 44.7 Å². The van der Waals surface area contributed by atoms with Crippen LogP contribution in [0.1, 0.15) is 25.7 Å². The van der Waals surface area contributed by atoms with Crippen LogP contribution in [0.3, 0.4) is 0 Å². The zero-order valence-electron chi connectivity index (χ0n) is 11.3. The van der Waals surface area contributed by atoms with Crippen molar-refractivity contribution in [3.63, 3.8) is 0 Å². The summed E-state index contributed by atoms with van der Waals surface area (Å²) in [5, 5.41) is 5.85. The second-order valence-electron chi connectivity index (χ2n) is 4.64. The monoisotopic (exact) mass is 293 g/mol. The number of carbonyl (C=O) groups is 2. The van der Waals surface area contributed by atoms with Crippen LogP contribution < -0.4 is 16.4 Å². The summed E-state index contributed by atoms with van der Waals surface area (Å²) in [7, 11) is 1.61. The Morgan fingerprint density at radius 3 is 2.63 bits per heavy atom. The van der Waals surface area contributed by atoms with E-state index in [4.69, 9.17) is 10.5 Å². The number of nitrogens with one attached hydrogen (secondary N) is 2. The average molecular weight is 294 g/mol. The summed E-state index contributed by atoms with van der Waals surface area (Å²) in [5.74, 6) is -0.627. The molecule has 1 aliphatic carbocycles. The summed E-state index contributed by atoms with van der Waals surface area (Å²) in [6.07, 6.45) is 3.65. The van der Waals surface area contributed by atoms with Gasteiger partial charge in [-0.2, -0.15) is 0 Å². The molecule has 6 nitrogen and oxygen atoms in total. The van der Waals surface area contributed by atoms with Crippen LogP contribution in [0.25, 0.3) is 0 Å². The highest BCUT2D eigenvalue weighted by molar-refractivity contribution is 5.85. The van der Waals surface area contributed by atoms with Gasteiger partial charge in [-0.05, 0) is 12.8 Å². The van der Waals surface area contributed by atoms with Crippen LogP contribution >= 0.6 is 12.4 Å². The zero-order chi connectivity index (χ0) is 13.4. The van der Waals surface area contributed by atoms with E-state index in [-0.39, 0.29) is 42.7 Å². The van der Waals surface area contributed by atoms with E-state index in [9.17, 15) is 9.59 Å². The lowest BCUT2D eigenvalue weighted by Gasteiger charge is -2.30. The van der Waals surface area contributed by atoms with Gasteiger partial charge in [0.1, 0.15) is 0 Å². The number of primary amides is 1. The van der Waals surface area contributed by atoms with Crippen molar-refractivity contribution >= 4 is 24.2 Å². The fourth-order valence-electron chi connectivity index (χ4n) is 2.28. The quantitative estimate of drug-likeness (QED) is 0.567. The van der Waals surface area contributed by atoms with Gasteiger partial charge in [-0.15, -0.1) is 12.4 Å². The van der Waals surface area contributed by atoms with Gasteiger partial charge in [-0.1, -0.05) is 12.8 Å². The molecule has 0 aromatic carbocycles. The third-order valence-corrected chi connectivity index (χ3v) is 3.25. The van der Waals surface area contributed by atoms with Gasteiger partial charge >= 0.3 is 0 Å². The highest BCUT2D eigenvalue weighted by Gasteiger charge is 2.30. The lowest BCUT2D eigenvalue weighted by Crippen LogP contribution is -2.49. The second kappa shape index (κ2) is 10.00. The molecule has 0 radical (unpaired) electrons. The minimum atomic E-state index is -0.313. The third kappa shape index (κ3) is 6.75. The molecule has 0 heterocycles. The van der Waals surface area contributed by atoms with Gasteiger partial charge in [0.05, 0.1) is 19.1 Å². The number of rotatable bonds is 7. The molecule has 19 heavy (non-hydrogen) atoms. The number of ether oxygens (including phenoxy) is 1. The van der Waals surface area contributed by atoms with Gasteiger partial charge in [0.15, 0.2) is 0 Å². The number of nitrogens with two attached hydrogens (primary N) is 1. The van der Waals surface area contributed by atoms with Crippen molar-refractivity contribution in [2.75, 3.05) is 26.8 Å². The molecule has 1 fully saturated rings.